The minimum absolute atomic E-state index is 0.00963. The number of halogens is 3. The third-order valence-electron chi connectivity index (χ3n) is 2.32. The van der Waals surface area contributed by atoms with E-state index < -0.39 is 11.6 Å². The summed E-state index contributed by atoms with van der Waals surface area (Å²) in [5, 5.41) is 11.7. The number of hydrogen-bond donors (Lipinski definition) is 1. The summed E-state index contributed by atoms with van der Waals surface area (Å²) in [6, 6.07) is 10.1. The number of anilines is 2. The molecule has 1 N–H and O–H groups in total. The Morgan fingerprint density at radius 1 is 1.11 bits per heavy atom. The lowest BCUT2D eigenvalue weighted by molar-refractivity contribution is 0.603. The molecule has 0 radical (unpaired) electrons. The van der Waals surface area contributed by atoms with Crippen molar-refractivity contribution in [2.45, 2.75) is 0 Å². The first-order valence-electron chi connectivity index (χ1n) is 5.02. The van der Waals surface area contributed by atoms with Gasteiger partial charge in [0.2, 0.25) is 0 Å². The van der Waals surface area contributed by atoms with Crippen molar-refractivity contribution >= 4 is 27.3 Å². The molecule has 0 aromatic heterocycles. The van der Waals surface area contributed by atoms with E-state index in [2.05, 4.69) is 21.2 Å². The molecule has 90 valence electrons. The summed E-state index contributed by atoms with van der Waals surface area (Å²) in [5.74, 6) is -1.13. The Labute approximate surface area is 111 Å². The quantitative estimate of drug-likeness (QED) is 0.895. The highest BCUT2D eigenvalue weighted by atomic mass is 79.9. The Kier molecular flexibility index (Phi) is 3.58. The van der Waals surface area contributed by atoms with E-state index in [4.69, 9.17) is 5.26 Å². The summed E-state index contributed by atoms with van der Waals surface area (Å²) in [6.45, 7) is 0. The average molecular weight is 309 g/mol. The van der Waals surface area contributed by atoms with E-state index in [9.17, 15) is 8.78 Å². The van der Waals surface area contributed by atoms with E-state index in [1.54, 1.807) is 18.2 Å². The minimum atomic E-state index is -0.583. The van der Waals surface area contributed by atoms with E-state index in [1.165, 1.54) is 0 Å². The molecule has 2 rings (SSSR count). The SMILES string of the molecule is N#Cc1c(Br)cccc1Nc1cc(F)ccc1F. The third-order valence-corrected chi connectivity index (χ3v) is 2.98. The molecule has 0 atom stereocenters. The predicted molar refractivity (Wildman–Crippen MR) is 68.5 cm³/mol. The normalized spacial score (nSPS) is 9.89. The second kappa shape index (κ2) is 5.15. The van der Waals surface area contributed by atoms with Crippen LogP contribution < -0.4 is 5.32 Å². The number of nitriles is 1. The Morgan fingerprint density at radius 3 is 2.61 bits per heavy atom. The molecule has 5 heteroatoms. The molecule has 2 nitrogen and oxygen atoms in total. The Morgan fingerprint density at radius 2 is 1.89 bits per heavy atom. The van der Waals surface area contributed by atoms with E-state index >= 15 is 0 Å². The van der Waals surface area contributed by atoms with Gasteiger partial charge >= 0.3 is 0 Å². The highest BCUT2D eigenvalue weighted by molar-refractivity contribution is 9.10. The predicted octanol–water partition coefficient (Wildman–Crippen LogP) is 4.34. The smallest absolute Gasteiger partial charge is 0.146 e. The number of nitrogens with one attached hydrogen (secondary N) is 1. The lowest BCUT2D eigenvalue weighted by Gasteiger charge is -2.10. The maximum Gasteiger partial charge on any atom is 0.146 e. The van der Waals surface area contributed by atoms with Crippen LogP contribution in [0.4, 0.5) is 20.2 Å². The standard InChI is InChI=1S/C13H7BrF2N2/c14-10-2-1-3-12(9(10)7-17)18-13-6-8(15)4-5-11(13)16/h1-6,18H. The molecular weight excluding hydrogens is 302 g/mol. The van der Waals surface area contributed by atoms with Crippen molar-refractivity contribution in [2.75, 3.05) is 5.32 Å². The molecule has 0 saturated heterocycles. The van der Waals surface area contributed by atoms with Gasteiger partial charge in [0.05, 0.1) is 16.9 Å². The fourth-order valence-electron chi connectivity index (χ4n) is 1.48. The van der Waals surface area contributed by atoms with Crippen molar-refractivity contribution in [1.82, 2.24) is 0 Å². The van der Waals surface area contributed by atoms with Crippen LogP contribution in [0, 0.1) is 23.0 Å². The fourth-order valence-corrected chi connectivity index (χ4v) is 1.94. The first-order valence-corrected chi connectivity index (χ1v) is 5.82. The second-order valence-corrected chi connectivity index (χ2v) is 4.38. The number of rotatable bonds is 2. The van der Waals surface area contributed by atoms with Gasteiger partial charge in [-0.1, -0.05) is 6.07 Å². The first kappa shape index (κ1) is 12.5. The van der Waals surface area contributed by atoms with E-state index in [0.717, 1.165) is 18.2 Å². The van der Waals surface area contributed by atoms with Gasteiger partial charge in [-0.3, -0.25) is 0 Å². The van der Waals surface area contributed by atoms with E-state index in [1.807, 2.05) is 6.07 Å². The number of benzene rings is 2. The topological polar surface area (TPSA) is 35.8 Å². The van der Waals surface area contributed by atoms with Gasteiger partial charge in [-0.2, -0.15) is 5.26 Å². The molecule has 0 aliphatic heterocycles. The van der Waals surface area contributed by atoms with Crippen LogP contribution in [0.3, 0.4) is 0 Å². The van der Waals surface area contributed by atoms with Crippen molar-refractivity contribution in [1.29, 1.82) is 5.26 Å². The van der Waals surface area contributed by atoms with Gasteiger partial charge < -0.3 is 5.32 Å². The molecule has 0 heterocycles. The van der Waals surface area contributed by atoms with Crippen molar-refractivity contribution < 1.29 is 8.78 Å². The molecule has 0 saturated carbocycles. The van der Waals surface area contributed by atoms with Gasteiger partial charge in [0.1, 0.15) is 17.7 Å². The summed E-state index contributed by atoms with van der Waals surface area (Å²) in [5.41, 5.74) is 0.738. The lowest BCUT2D eigenvalue weighted by Crippen LogP contribution is -1.97. The van der Waals surface area contributed by atoms with Crippen molar-refractivity contribution in [2.24, 2.45) is 0 Å². The van der Waals surface area contributed by atoms with Crippen LogP contribution in [0.2, 0.25) is 0 Å². The van der Waals surface area contributed by atoms with Crippen molar-refractivity contribution in [3.63, 3.8) is 0 Å². The molecular formula is C13H7BrF2N2. The van der Waals surface area contributed by atoms with Crippen LogP contribution in [-0.2, 0) is 0 Å². The molecule has 2 aromatic rings. The zero-order valence-corrected chi connectivity index (χ0v) is 10.6. The third kappa shape index (κ3) is 2.49. The zero-order valence-electron chi connectivity index (χ0n) is 9.05. The zero-order chi connectivity index (χ0) is 13.1. The summed E-state index contributed by atoms with van der Waals surface area (Å²) >= 11 is 3.22. The molecule has 18 heavy (non-hydrogen) atoms. The summed E-state index contributed by atoms with van der Waals surface area (Å²) < 4.78 is 27.1. The van der Waals surface area contributed by atoms with E-state index in [-0.39, 0.29) is 5.69 Å². The first-order chi connectivity index (χ1) is 8.61. The summed E-state index contributed by atoms with van der Waals surface area (Å²) in [4.78, 5) is 0. The monoisotopic (exact) mass is 308 g/mol. The maximum absolute atomic E-state index is 13.5. The van der Waals surface area contributed by atoms with Gasteiger partial charge in [-0.15, -0.1) is 0 Å². The van der Waals surface area contributed by atoms with Crippen molar-refractivity contribution in [3.8, 4) is 6.07 Å². The van der Waals surface area contributed by atoms with Crippen LogP contribution in [0.15, 0.2) is 40.9 Å². The number of hydrogen-bond acceptors (Lipinski definition) is 2. The van der Waals surface area contributed by atoms with Crippen LogP contribution >= 0.6 is 15.9 Å². The molecule has 2 aromatic carbocycles. The molecule has 0 aliphatic rings. The van der Waals surface area contributed by atoms with E-state index in [0.29, 0.717) is 15.7 Å². The molecule has 0 amide bonds. The molecule has 0 bridgehead atoms. The highest BCUT2D eigenvalue weighted by Crippen LogP contribution is 2.28. The largest absolute Gasteiger partial charge is 0.352 e. The molecule has 0 spiro atoms. The highest BCUT2D eigenvalue weighted by Gasteiger charge is 2.09. The fraction of sp³-hybridized carbons (Fsp3) is 0. The Hall–Kier alpha value is -1.93. The van der Waals surface area contributed by atoms with Gasteiger partial charge in [-0.25, -0.2) is 8.78 Å². The second-order valence-electron chi connectivity index (χ2n) is 3.52. The van der Waals surface area contributed by atoms with Crippen molar-refractivity contribution in [3.05, 3.63) is 58.1 Å². The average Bonchev–Trinajstić information content (AvgIpc) is 2.34. The van der Waals surface area contributed by atoms with Crippen LogP contribution in [0.1, 0.15) is 5.56 Å². The van der Waals surface area contributed by atoms with Crippen LogP contribution in [-0.4, -0.2) is 0 Å². The Balaban J connectivity index is 2.44. The number of nitrogens with zero attached hydrogens (tertiary/aromatic N) is 1. The van der Waals surface area contributed by atoms with Gasteiger partial charge in [0.25, 0.3) is 0 Å². The van der Waals surface area contributed by atoms with Crippen LogP contribution in [0.5, 0.6) is 0 Å². The molecule has 0 fully saturated rings. The van der Waals surface area contributed by atoms with Gasteiger partial charge in [0, 0.05) is 10.5 Å². The Bertz CT molecular complexity index is 635. The van der Waals surface area contributed by atoms with Gasteiger partial charge in [-0.05, 0) is 40.2 Å². The van der Waals surface area contributed by atoms with Gasteiger partial charge in [0.15, 0.2) is 0 Å². The summed E-state index contributed by atoms with van der Waals surface area (Å²) in [6.07, 6.45) is 0. The summed E-state index contributed by atoms with van der Waals surface area (Å²) in [7, 11) is 0. The molecule has 0 unspecified atom stereocenters. The maximum atomic E-state index is 13.5. The lowest BCUT2D eigenvalue weighted by atomic mass is 10.2. The van der Waals surface area contributed by atoms with Crippen LogP contribution in [0.25, 0.3) is 0 Å². The molecule has 0 aliphatic carbocycles. The minimum Gasteiger partial charge on any atom is -0.352 e.